The highest BCUT2D eigenvalue weighted by Gasteiger charge is 2.16. The van der Waals surface area contributed by atoms with E-state index in [1.54, 1.807) is 37.3 Å². The largest absolute Gasteiger partial charge is 0.378 e. The lowest BCUT2D eigenvalue weighted by molar-refractivity contribution is -0.384. The van der Waals surface area contributed by atoms with E-state index in [0.717, 1.165) is 0 Å². The summed E-state index contributed by atoms with van der Waals surface area (Å²) in [5.41, 5.74) is 4.56. The molecule has 1 heterocycles. The monoisotopic (exact) mass is 358 g/mol. The minimum atomic E-state index is -0.482. The maximum Gasteiger partial charge on any atom is 0.294 e. The maximum absolute atomic E-state index is 14.5. The highest BCUT2D eigenvalue weighted by molar-refractivity contribution is 5.99. The number of morpholine rings is 1. The molecule has 26 heavy (non-hydrogen) atoms. The average molecular weight is 358 g/mol. The summed E-state index contributed by atoms with van der Waals surface area (Å²) in [5, 5.41) is 15.2. The molecule has 1 aliphatic rings. The second kappa shape index (κ2) is 7.92. The fourth-order valence-corrected chi connectivity index (χ4v) is 2.73. The fraction of sp³-hybridized carbons (Fsp3) is 0.278. The Bertz CT molecular complexity index is 835. The Hall–Kier alpha value is -3.00. The third-order valence-electron chi connectivity index (χ3n) is 4.16. The molecular formula is C18H19FN4O3. The molecule has 1 fully saturated rings. The summed E-state index contributed by atoms with van der Waals surface area (Å²) < 4.78 is 19.8. The van der Waals surface area contributed by atoms with Gasteiger partial charge in [0.15, 0.2) is 0 Å². The number of halogens is 1. The highest BCUT2D eigenvalue weighted by atomic mass is 19.1. The zero-order chi connectivity index (χ0) is 18.5. The molecule has 1 aliphatic heterocycles. The van der Waals surface area contributed by atoms with Crippen LogP contribution in [-0.4, -0.2) is 36.9 Å². The van der Waals surface area contributed by atoms with E-state index in [1.165, 1.54) is 12.1 Å². The van der Waals surface area contributed by atoms with E-state index < -0.39 is 4.92 Å². The van der Waals surface area contributed by atoms with E-state index in [2.05, 4.69) is 10.5 Å². The third kappa shape index (κ3) is 3.97. The molecule has 3 rings (SSSR count). The highest BCUT2D eigenvalue weighted by Crippen LogP contribution is 2.24. The van der Waals surface area contributed by atoms with Crippen molar-refractivity contribution in [2.45, 2.75) is 6.92 Å². The molecule has 1 saturated heterocycles. The van der Waals surface area contributed by atoms with Crippen LogP contribution in [0.2, 0.25) is 0 Å². The van der Waals surface area contributed by atoms with Gasteiger partial charge >= 0.3 is 0 Å². The SMILES string of the molecule is C/C(=N/Nc1ccccc1[N+](=O)[O-])c1ccc(N2CCOCC2)c(F)c1. The van der Waals surface area contributed by atoms with Gasteiger partial charge in [0, 0.05) is 24.7 Å². The Balaban J connectivity index is 1.77. The third-order valence-corrected chi connectivity index (χ3v) is 4.16. The van der Waals surface area contributed by atoms with Gasteiger partial charge in [-0.2, -0.15) is 5.10 Å². The van der Waals surface area contributed by atoms with Crippen molar-refractivity contribution in [2.24, 2.45) is 5.10 Å². The Labute approximate surface area is 150 Å². The molecule has 0 unspecified atom stereocenters. The summed E-state index contributed by atoms with van der Waals surface area (Å²) in [6.45, 7) is 4.19. The van der Waals surface area contributed by atoms with Crippen molar-refractivity contribution in [1.82, 2.24) is 0 Å². The molecule has 0 saturated carbocycles. The van der Waals surface area contributed by atoms with Crippen LogP contribution in [0.3, 0.4) is 0 Å². The second-order valence-electron chi connectivity index (χ2n) is 5.85. The zero-order valence-corrected chi connectivity index (χ0v) is 14.3. The Morgan fingerprint density at radius 1 is 1.27 bits per heavy atom. The lowest BCUT2D eigenvalue weighted by Crippen LogP contribution is -2.36. The quantitative estimate of drug-likeness (QED) is 0.503. The molecule has 0 radical (unpaired) electrons. The lowest BCUT2D eigenvalue weighted by atomic mass is 10.1. The van der Waals surface area contributed by atoms with Crippen LogP contribution < -0.4 is 10.3 Å². The van der Waals surface area contributed by atoms with Crippen molar-refractivity contribution in [2.75, 3.05) is 36.6 Å². The standard InChI is InChI=1S/C18H19FN4O3/c1-13(20-21-16-4-2-3-5-18(16)23(24)25)14-6-7-17(15(19)12-14)22-8-10-26-11-9-22/h2-7,12,21H,8-11H2,1H3/b20-13-. The van der Waals surface area contributed by atoms with Crippen LogP contribution in [0.1, 0.15) is 12.5 Å². The van der Waals surface area contributed by atoms with Crippen LogP contribution in [0.15, 0.2) is 47.6 Å². The van der Waals surface area contributed by atoms with Crippen LogP contribution in [0, 0.1) is 15.9 Å². The second-order valence-corrected chi connectivity index (χ2v) is 5.85. The first kappa shape index (κ1) is 17.8. The molecule has 0 atom stereocenters. The van der Waals surface area contributed by atoms with Crippen LogP contribution in [-0.2, 0) is 4.74 Å². The normalized spacial score (nSPS) is 15.0. The maximum atomic E-state index is 14.5. The summed E-state index contributed by atoms with van der Waals surface area (Å²) in [5.74, 6) is -0.329. The molecule has 136 valence electrons. The summed E-state index contributed by atoms with van der Waals surface area (Å²) in [6.07, 6.45) is 0. The number of ether oxygens (including phenoxy) is 1. The van der Waals surface area contributed by atoms with Crippen LogP contribution >= 0.6 is 0 Å². The topological polar surface area (TPSA) is 80.0 Å². The Morgan fingerprint density at radius 2 is 2.00 bits per heavy atom. The smallest absolute Gasteiger partial charge is 0.294 e. The van der Waals surface area contributed by atoms with Gasteiger partial charge in [-0.05, 0) is 25.1 Å². The van der Waals surface area contributed by atoms with Crippen LogP contribution in [0.5, 0.6) is 0 Å². The minimum Gasteiger partial charge on any atom is -0.378 e. The van der Waals surface area contributed by atoms with E-state index in [4.69, 9.17) is 4.74 Å². The van der Waals surface area contributed by atoms with Gasteiger partial charge in [-0.1, -0.05) is 18.2 Å². The number of hydrazone groups is 1. The van der Waals surface area contributed by atoms with Gasteiger partial charge in [0.05, 0.1) is 29.5 Å². The first-order valence-electron chi connectivity index (χ1n) is 8.22. The molecule has 0 amide bonds. The van der Waals surface area contributed by atoms with Gasteiger partial charge in [-0.3, -0.25) is 15.5 Å². The van der Waals surface area contributed by atoms with E-state index in [9.17, 15) is 14.5 Å². The molecule has 2 aromatic carbocycles. The van der Waals surface area contributed by atoms with Gasteiger partial charge in [0.2, 0.25) is 0 Å². The average Bonchev–Trinajstić information content (AvgIpc) is 2.66. The molecule has 0 bridgehead atoms. The van der Waals surface area contributed by atoms with Crippen molar-refractivity contribution < 1.29 is 14.1 Å². The van der Waals surface area contributed by atoms with Gasteiger partial charge in [-0.25, -0.2) is 4.39 Å². The molecule has 2 aromatic rings. The van der Waals surface area contributed by atoms with Gasteiger partial charge in [-0.15, -0.1) is 0 Å². The summed E-state index contributed by atoms with van der Waals surface area (Å²) >= 11 is 0. The molecule has 1 N–H and O–H groups in total. The van der Waals surface area contributed by atoms with E-state index in [-0.39, 0.29) is 17.2 Å². The van der Waals surface area contributed by atoms with E-state index in [1.807, 2.05) is 4.90 Å². The molecule has 8 heteroatoms. The number of nitrogens with one attached hydrogen (secondary N) is 1. The van der Waals surface area contributed by atoms with Crippen molar-refractivity contribution >= 4 is 22.8 Å². The number of nitro groups is 1. The molecule has 7 nitrogen and oxygen atoms in total. The zero-order valence-electron chi connectivity index (χ0n) is 14.3. The van der Waals surface area contributed by atoms with Crippen LogP contribution in [0.4, 0.5) is 21.5 Å². The number of para-hydroxylation sites is 2. The predicted octanol–water partition coefficient (Wildman–Crippen LogP) is 3.41. The fourth-order valence-electron chi connectivity index (χ4n) is 2.73. The summed E-state index contributed by atoms with van der Waals surface area (Å²) in [6, 6.07) is 11.1. The Kier molecular flexibility index (Phi) is 5.43. The number of hydrogen-bond donors (Lipinski definition) is 1. The molecule has 0 aromatic heterocycles. The predicted molar refractivity (Wildman–Crippen MR) is 98.4 cm³/mol. The molecule has 0 aliphatic carbocycles. The first-order chi connectivity index (χ1) is 12.6. The van der Waals surface area contributed by atoms with E-state index in [0.29, 0.717) is 43.3 Å². The van der Waals surface area contributed by atoms with Crippen molar-refractivity contribution in [1.29, 1.82) is 0 Å². The van der Waals surface area contributed by atoms with Gasteiger partial charge in [0.1, 0.15) is 11.5 Å². The lowest BCUT2D eigenvalue weighted by Gasteiger charge is -2.29. The van der Waals surface area contributed by atoms with Crippen molar-refractivity contribution in [3.8, 4) is 0 Å². The Morgan fingerprint density at radius 3 is 2.69 bits per heavy atom. The number of anilines is 2. The van der Waals surface area contributed by atoms with Crippen molar-refractivity contribution in [3.05, 3.63) is 64.0 Å². The number of rotatable bonds is 5. The summed E-state index contributed by atoms with van der Waals surface area (Å²) in [4.78, 5) is 12.5. The first-order valence-corrected chi connectivity index (χ1v) is 8.22. The van der Waals surface area contributed by atoms with Gasteiger partial charge < -0.3 is 9.64 Å². The molecular weight excluding hydrogens is 339 g/mol. The number of benzene rings is 2. The minimum absolute atomic E-state index is 0.0714. The summed E-state index contributed by atoms with van der Waals surface area (Å²) in [7, 11) is 0. The number of hydrogen-bond acceptors (Lipinski definition) is 6. The van der Waals surface area contributed by atoms with E-state index >= 15 is 0 Å². The van der Waals surface area contributed by atoms with Gasteiger partial charge in [0.25, 0.3) is 5.69 Å². The number of nitro benzene ring substituents is 1. The molecule has 0 spiro atoms. The van der Waals surface area contributed by atoms with Crippen molar-refractivity contribution in [3.63, 3.8) is 0 Å². The number of nitrogens with zero attached hydrogens (tertiary/aromatic N) is 3. The van der Waals surface area contributed by atoms with Crippen LogP contribution in [0.25, 0.3) is 0 Å².